The highest BCUT2D eigenvalue weighted by Crippen LogP contribution is 2.14. The maximum absolute atomic E-state index is 11.8. The van der Waals surface area contributed by atoms with Gasteiger partial charge in [0.1, 0.15) is 12.4 Å². The van der Waals surface area contributed by atoms with Gasteiger partial charge in [-0.05, 0) is 38.4 Å². The standard InChI is InChI=1S/C13H20F3NO2/c1-11(5-6-12-4-2-9-19-12)17-7-3-8-18-10-13(14,15)16/h2,4,9,11,17H,3,5-8,10H2,1H3. The highest BCUT2D eigenvalue weighted by atomic mass is 19.4. The van der Waals surface area contributed by atoms with E-state index in [0.29, 0.717) is 19.0 Å². The minimum atomic E-state index is -4.23. The maximum atomic E-state index is 11.8. The number of hydrogen-bond acceptors (Lipinski definition) is 3. The summed E-state index contributed by atoms with van der Waals surface area (Å²) in [6.45, 7) is 1.65. The molecule has 0 aromatic carbocycles. The van der Waals surface area contributed by atoms with E-state index in [1.165, 1.54) is 0 Å². The van der Waals surface area contributed by atoms with Gasteiger partial charge >= 0.3 is 6.18 Å². The normalized spacial score (nSPS) is 13.7. The molecular weight excluding hydrogens is 259 g/mol. The third kappa shape index (κ3) is 8.67. The molecule has 1 aromatic heterocycles. The number of hydrogen-bond donors (Lipinski definition) is 1. The quantitative estimate of drug-likeness (QED) is 0.705. The van der Waals surface area contributed by atoms with Crippen molar-refractivity contribution in [1.29, 1.82) is 0 Å². The molecule has 110 valence electrons. The Labute approximate surface area is 111 Å². The lowest BCUT2D eigenvalue weighted by Gasteiger charge is -2.13. The summed E-state index contributed by atoms with van der Waals surface area (Å²) in [4.78, 5) is 0. The summed E-state index contributed by atoms with van der Waals surface area (Å²) in [7, 11) is 0. The summed E-state index contributed by atoms with van der Waals surface area (Å²) in [5.74, 6) is 0.946. The van der Waals surface area contributed by atoms with Crippen LogP contribution in [0.4, 0.5) is 13.2 Å². The van der Waals surface area contributed by atoms with Crippen LogP contribution in [0, 0.1) is 0 Å². The fraction of sp³-hybridized carbons (Fsp3) is 0.692. The SMILES string of the molecule is CC(CCc1ccco1)NCCCOCC(F)(F)F. The first-order valence-corrected chi connectivity index (χ1v) is 6.37. The Kier molecular flexibility index (Phi) is 6.94. The minimum absolute atomic E-state index is 0.122. The number of halogens is 3. The van der Waals surface area contributed by atoms with Gasteiger partial charge in [-0.2, -0.15) is 13.2 Å². The van der Waals surface area contributed by atoms with Gasteiger partial charge in [0.15, 0.2) is 0 Å². The largest absolute Gasteiger partial charge is 0.469 e. The smallest absolute Gasteiger partial charge is 0.411 e. The van der Waals surface area contributed by atoms with E-state index in [2.05, 4.69) is 10.1 Å². The van der Waals surface area contributed by atoms with E-state index in [4.69, 9.17) is 4.42 Å². The summed E-state index contributed by atoms with van der Waals surface area (Å²) in [5, 5.41) is 3.24. The van der Waals surface area contributed by atoms with Gasteiger partial charge in [-0.1, -0.05) is 0 Å². The monoisotopic (exact) mass is 279 g/mol. The fourth-order valence-corrected chi connectivity index (χ4v) is 1.63. The highest BCUT2D eigenvalue weighted by molar-refractivity contribution is 4.98. The van der Waals surface area contributed by atoms with Crippen molar-refractivity contribution in [3.05, 3.63) is 24.2 Å². The van der Waals surface area contributed by atoms with Crippen molar-refractivity contribution in [2.24, 2.45) is 0 Å². The Morgan fingerprint density at radius 1 is 1.42 bits per heavy atom. The lowest BCUT2D eigenvalue weighted by Crippen LogP contribution is -2.28. The van der Waals surface area contributed by atoms with E-state index < -0.39 is 12.8 Å². The molecule has 0 saturated heterocycles. The average molecular weight is 279 g/mol. The molecular formula is C13H20F3NO2. The average Bonchev–Trinajstić information content (AvgIpc) is 2.82. The van der Waals surface area contributed by atoms with Crippen molar-refractivity contribution in [3.8, 4) is 0 Å². The molecule has 0 aliphatic carbocycles. The number of rotatable bonds is 9. The summed E-state index contributed by atoms with van der Waals surface area (Å²) >= 11 is 0. The fourth-order valence-electron chi connectivity index (χ4n) is 1.63. The Morgan fingerprint density at radius 2 is 2.21 bits per heavy atom. The summed E-state index contributed by atoms with van der Waals surface area (Å²) in [6, 6.07) is 4.08. The van der Waals surface area contributed by atoms with Gasteiger partial charge in [0, 0.05) is 19.1 Å². The minimum Gasteiger partial charge on any atom is -0.469 e. The van der Waals surface area contributed by atoms with Crippen LogP contribution in [0.5, 0.6) is 0 Å². The van der Waals surface area contributed by atoms with Crippen LogP contribution < -0.4 is 5.32 Å². The van der Waals surface area contributed by atoms with E-state index in [1.807, 2.05) is 19.1 Å². The molecule has 1 heterocycles. The molecule has 0 bridgehead atoms. The molecule has 0 aliphatic heterocycles. The third-order valence-electron chi connectivity index (χ3n) is 2.63. The molecule has 19 heavy (non-hydrogen) atoms. The molecule has 1 rings (SSSR count). The lowest BCUT2D eigenvalue weighted by molar-refractivity contribution is -0.173. The van der Waals surface area contributed by atoms with Crippen molar-refractivity contribution >= 4 is 0 Å². The molecule has 0 spiro atoms. The van der Waals surface area contributed by atoms with Crippen LogP contribution in [0.3, 0.4) is 0 Å². The summed E-state index contributed by atoms with van der Waals surface area (Å²) < 4.78 is 45.1. The summed E-state index contributed by atoms with van der Waals surface area (Å²) in [5.41, 5.74) is 0. The predicted molar refractivity (Wildman–Crippen MR) is 66.0 cm³/mol. The highest BCUT2D eigenvalue weighted by Gasteiger charge is 2.27. The lowest BCUT2D eigenvalue weighted by atomic mass is 10.1. The molecule has 1 N–H and O–H groups in total. The van der Waals surface area contributed by atoms with Gasteiger partial charge in [0.2, 0.25) is 0 Å². The van der Waals surface area contributed by atoms with E-state index >= 15 is 0 Å². The van der Waals surface area contributed by atoms with Crippen LogP contribution in [-0.2, 0) is 11.2 Å². The van der Waals surface area contributed by atoms with E-state index in [9.17, 15) is 13.2 Å². The Morgan fingerprint density at radius 3 is 2.84 bits per heavy atom. The first-order chi connectivity index (χ1) is 8.97. The molecule has 1 aromatic rings. The molecule has 0 amide bonds. The number of nitrogens with one attached hydrogen (secondary N) is 1. The van der Waals surface area contributed by atoms with Gasteiger partial charge in [0.05, 0.1) is 6.26 Å². The molecule has 0 saturated carbocycles. The van der Waals surface area contributed by atoms with Gasteiger partial charge in [-0.3, -0.25) is 0 Å². The zero-order chi connectivity index (χ0) is 14.1. The van der Waals surface area contributed by atoms with Crippen LogP contribution >= 0.6 is 0 Å². The molecule has 1 unspecified atom stereocenters. The molecule has 6 heteroatoms. The molecule has 0 aliphatic rings. The van der Waals surface area contributed by atoms with Crippen molar-refractivity contribution in [3.63, 3.8) is 0 Å². The van der Waals surface area contributed by atoms with Crippen molar-refractivity contribution in [2.45, 2.75) is 38.4 Å². The second-order valence-corrected chi connectivity index (χ2v) is 4.49. The van der Waals surface area contributed by atoms with Crippen molar-refractivity contribution in [2.75, 3.05) is 19.8 Å². The van der Waals surface area contributed by atoms with E-state index in [1.54, 1.807) is 6.26 Å². The molecule has 0 fully saturated rings. The number of furan rings is 1. The van der Waals surface area contributed by atoms with Crippen LogP contribution in [-0.4, -0.2) is 32.0 Å². The predicted octanol–water partition coefficient (Wildman–Crippen LogP) is 3.16. The topological polar surface area (TPSA) is 34.4 Å². The van der Waals surface area contributed by atoms with Gasteiger partial charge in [-0.15, -0.1) is 0 Å². The van der Waals surface area contributed by atoms with Crippen LogP contribution in [0.15, 0.2) is 22.8 Å². The van der Waals surface area contributed by atoms with E-state index in [-0.39, 0.29) is 6.61 Å². The van der Waals surface area contributed by atoms with Crippen molar-refractivity contribution < 1.29 is 22.3 Å². The van der Waals surface area contributed by atoms with Gasteiger partial charge < -0.3 is 14.5 Å². The number of ether oxygens (including phenoxy) is 1. The van der Waals surface area contributed by atoms with E-state index in [0.717, 1.165) is 18.6 Å². The second-order valence-electron chi connectivity index (χ2n) is 4.49. The van der Waals surface area contributed by atoms with Crippen molar-refractivity contribution in [1.82, 2.24) is 5.32 Å². The summed E-state index contributed by atoms with van der Waals surface area (Å²) in [6.07, 6.45) is -0.237. The zero-order valence-corrected chi connectivity index (χ0v) is 11.0. The molecule has 3 nitrogen and oxygen atoms in total. The zero-order valence-electron chi connectivity index (χ0n) is 11.0. The Bertz CT molecular complexity index is 325. The maximum Gasteiger partial charge on any atom is 0.411 e. The number of aryl methyl sites for hydroxylation is 1. The van der Waals surface area contributed by atoms with Crippen LogP contribution in [0.25, 0.3) is 0 Å². The molecule has 1 atom stereocenters. The van der Waals surface area contributed by atoms with Crippen LogP contribution in [0.2, 0.25) is 0 Å². The van der Waals surface area contributed by atoms with Crippen LogP contribution in [0.1, 0.15) is 25.5 Å². The Hall–Kier alpha value is -1.01. The first-order valence-electron chi connectivity index (χ1n) is 6.37. The second kappa shape index (κ2) is 8.22. The number of alkyl halides is 3. The van der Waals surface area contributed by atoms with Gasteiger partial charge in [-0.25, -0.2) is 0 Å². The molecule has 0 radical (unpaired) electrons. The van der Waals surface area contributed by atoms with Gasteiger partial charge in [0.25, 0.3) is 0 Å². The third-order valence-corrected chi connectivity index (χ3v) is 2.63. The Balaban J connectivity index is 1.94. The first kappa shape index (κ1) is 16.0.